The highest BCUT2D eigenvalue weighted by molar-refractivity contribution is 5.98. The van der Waals surface area contributed by atoms with Gasteiger partial charge in [0.25, 0.3) is 0 Å². The maximum atomic E-state index is 13.0. The van der Waals surface area contributed by atoms with Crippen LogP contribution < -0.4 is 0 Å². The highest BCUT2D eigenvalue weighted by atomic mass is 16.6. The molecule has 1 aromatic rings. The topological polar surface area (TPSA) is 103 Å². The molecule has 0 amide bonds. The van der Waals surface area contributed by atoms with Gasteiger partial charge in [-0.25, -0.2) is 0 Å². The summed E-state index contributed by atoms with van der Waals surface area (Å²) in [5.74, 6) is -2.99. The number of hydrogen-bond acceptors (Lipinski definition) is 7. The van der Waals surface area contributed by atoms with Crippen molar-refractivity contribution in [2.75, 3.05) is 6.61 Å². The van der Waals surface area contributed by atoms with Crippen molar-refractivity contribution in [1.82, 2.24) is 0 Å². The Morgan fingerprint density at radius 1 is 1.22 bits per heavy atom. The minimum atomic E-state index is -1.02. The van der Waals surface area contributed by atoms with Gasteiger partial charge >= 0.3 is 11.9 Å². The molecule has 27 heavy (non-hydrogen) atoms. The maximum Gasteiger partial charge on any atom is 0.313 e. The SMILES string of the molecule is C[C@]12C[C@@H](c3ccoc3)OC(=O)[C@H]1C[C@@H](O)[C@@]13COC(=O)[C@@H]1C=CC(=O)[C@H]23. The Morgan fingerprint density at radius 3 is 2.78 bits per heavy atom. The van der Waals surface area contributed by atoms with Crippen molar-refractivity contribution in [2.24, 2.45) is 28.6 Å². The standard InChI is InChI=1S/C20H20O7/c1-19-7-14(10-4-5-25-8-10)27-18(24)12(19)6-15(22)20-9-26-17(23)11(20)2-3-13(21)16(19)20/h2-5,8,11-12,14-16,22H,6-7,9H2,1H3/t11-,12+,14-,15+,16+,19-,20+/m0/s1. The number of furan rings is 1. The first-order valence-electron chi connectivity index (χ1n) is 9.17. The van der Waals surface area contributed by atoms with Crippen molar-refractivity contribution >= 4 is 17.7 Å². The third-order valence-electron chi connectivity index (χ3n) is 7.19. The normalized spacial score (nSPS) is 45.6. The molecule has 7 nitrogen and oxygen atoms in total. The van der Waals surface area contributed by atoms with Gasteiger partial charge in [0.2, 0.25) is 0 Å². The number of aliphatic hydroxyl groups is 1. The lowest BCUT2D eigenvalue weighted by molar-refractivity contribution is -0.213. The van der Waals surface area contributed by atoms with E-state index in [-0.39, 0.29) is 18.8 Å². The van der Waals surface area contributed by atoms with Gasteiger partial charge in [-0.3, -0.25) is 14.4 Å². The predicted octanol–water partition coefficient (Wildman–Crippen LogP) is 1.57. The van der Waals surface area contributed by atoms with Crippen molar-refractivity contribution in [1.29, 1.82) is 0 Å². The summed E-state index contributed by atoms with van der Waals surface area (Å²) in [6.07, 6.45) is 5.05. The van der Waals surface area contributed by atoms with Gasteiger partial charge < -0.3 is 19.0 Å². The van der Waals surface area contributed by atoms with E-state index < -0.39 is 52.7 Å². The summed E-state index contributed by atoms with van der Waals surface area (Å²) in [5, 5.41) is 11.0. The molecule has 1 spiro atoms. The quantitative estimate of drug-likeness (QED) is 0.746. The summed E-state index contributed by atoms with van der Waals surface area (Å²) in [7, 11) is 0. The predicted molar refractivity (Wildman–Crippen MR) is 88.9 cm³/mol. The molecule has 142 valence electrons. The van der Waals surface area contributed by atoms with Crippen LogP contribution >= 0.6 is 0 Å². The molecular formula is C20H20O7. The number of hydrogen-bond donors (Lipinski definition) is 1. The molecular weight excluding hydrogens is 352 g/mol. The van der Waals surface area contributed by atoms with E-state index in [2.05, 4.69) is 0 Å². The maximum absolute atomic E-state index is 13.0. The lowest BCUT2D eigenvalue weighted by Gasteiger charge is -2.59. The summed E-state index contributed by atoms with van der Waals surface area (Å²) < 4.78 is 16.0. The lowest BCUT2D eigenvalue weighted by atomic mass is 9.43. The van der Waals surface area contributed by atoms with E-state index in [4.69, 9.17) is 13.9 Å². The Hall–Kier alpha value is -2.41. The Morgan fingerprint density at radius 2 is 2.04 bits per heavy atom. The number of ketones is 1. The largest absolute Gasteiger partial charge is 0.472 e. The number of carbonyl (C=O) groups excluding carboxylic acids is 3. The molecule has 1 aromatic heterocycles. The van der Waals surface area contributed by atoms with Gasteiger partial charge in [0, 0.05) is 11.5 Å². The summed E-state index contributed by atoms with van der Waals surface area (Å²) in [5.41, 5.74) is -1.05. The zero-order chi connectivity index (χ0) is 19.0. The number of esters is 2. The van der Waals surface area contributed by atoms with Crippen LogP contribution in [0.1, 0.15) is 31.4 Å². The van der Waals surface area contributed by atoms with E-state index in [0.29, 0.717) is 6.42 Å². The first-order valence-corrected chi connectivity index (χ1v) is 9.17. The zero-order valence-corrected chi connectivity index (χ0v) is 14.8. The molecule has 0 unspecified atom stereocenters. The van der Waals surface area contributed by atoms with Gasteiger partial charge in [-0.15, -0.1) is 0 Å². The first-order chi connectivity index (χ1) is 12.9. The second-order valence-electron chi connectivity index (χ2n) is 8.39. The molecule has 0 bridgehead atoms. The third-order valence-corrected chi connectivity index (χ3v) is 7.19. The molecule has 0 radical (unpaired) electrons. The molecule has 4 aliphatic rings. The van der Waals surface area contributed by atoms with Crippen molar-refractivity contribution < 1.29 is 33.4 Å². The first kappa shape index (κ1) is 16.7. The number of ether oxygens (including phenoxy) is 2. The Balaban J connectivity index is 1.64. The molecule has 2 aliphatic heterocycles. The molecule has 1 saturated carbocycles. The van der Waals surface area contributed by atoms with Crippen LogP contribution in [0.2, 0.25) is 0 Å². The van der Waals surface area contributed by atoms with E-state index in [0.717, 1.165) is 5.56 Å². The Bertz CT molecular complexity index is 856. The van der Waals surface area contributed by atoms with Gasteiger partial charge in [0.15, 0.2) is 5.78 Å². The van der Waals surface area contributed by atoms with Crippen LogP contribution in [0.5, 0.6) is 0 Å². The summed E-state index contributed by atoms with van der Waals surface area (Å²) >= 11 is 0. The molecule has 1 N–H and O–H groups in total. The van der Waals surface area contributed by atoms with Gasteiger partial charge in [0.1, 0.15) is 12.7 Å². The highest BCUT2D eigenvalue weighted by Gasteiger charge is 2.72. The molecule has 3 heterocycles. The van der Waals surface area contributed by atoms with Crippen LogP contribution in [0.3, 0.4) is 0 Å². The van der Waals surface area contributed by atoms with E-state index in [1.807, 2.05) is 6.92 Å². The second-order valence-corrected chi connectivity index (χ2v) is 8.39. The van der Waals surface area contributed by atoms with Crippen LogP contribution in [0.25, 0.3) is 0 Å². The van der Waals surface area contributed by atoms with E-state index in [9.17, 15) is 19.5 Å². The van der Waals surface area contributed by atoms with E-state index in [1.54, 1.807) is 12.1 Å². The van der Waals surface area contributed by atoms with Crippen molar-refractivity contribution in [2.45, 2.75) is 32.0 Å². The minimum absolute atomic E-state index is 0.00779. The summed E-state index contributed by atoms with van der Waals surface area (Å²) in [6, 6.07) is 1.74. The van der Waals surface area contributed by atoms with E-state index >= 15 is 0 Å². The van der Waals surface area contributed by atoms with Gasteiger partial charge in [-0.05, 0) is 30.4 Å². The van der Waals surface area contributed by atoms with Crippen LogP contribution in [-0.4, -0.2) is 35.5 Å². The highest BCUT2D eigenvalue weighted by Crippen LogP contribution is 2.65. The number of cyclic esters (lactones) is 2. The summed E-state index contributed by atoms with van der Waals surface area (Å²) in [4.78, 5) is 38.2. The molecule has 3 fully saturated rings. The van der Waals surface area contributed by atoms with Crippen LogP contribution in [-0.2, 0) is 23.9 Å². The molecule has 0 aromatic carbocycles. The van der Waals surface area contributed by atoms with Crippen molar-refractivity contribution in [3.05, 3.63) is 36.3 Å². The number of fused-ring (bicyclic) bond motifs is 2. The molecule has 5 rings (SSSR count). The van der Waals surface area contributed by atoms with Crippen LogP contribution in [0, 0.1) is 28.6 Å². The lowest BCUT2D eigenvalue weighted by Crippen LogP contribution is -2.66. The second kappa shape index (κ2) is 5.32. The average molecular weight is 372 g/mol. The fourth-order valence-electron chi connectivity index (χ4n) is 5.95. The number of aliphatic hydroxyl groups excluding tert-OH is 1. The smallest absolute Gasteiger partial charge is 0.313 e. The average Bonchev–Trinajstić information content (AvgIpc) is 3.26. The van der Waals surface area contributed by atoms with Gasteiger partial charge in [0.05, 0.1) is 35.9 Å². The number of carbonyl (C=O) groups is 3. The molecule has 2 aliphatic carbocycles. The van der Waals surface area contributed by atoms with Gasteiger partial charge in [-0.1, -0.05) is 13.0 Å². The third kappa shape index (κ3) is 1.98. The van der Waals surface area contributed by atoms with Crippen LogP contribution in [0.4, 0.5) is 0 Å². The summed E-state index contributed by atoms with van der Waals surface area (Å²) in [6.45, 7) is 1.90. The van der Waals surface area contributed by atoms with Gasteiger partial charge in [-0.2, -0.15) is 0 Å². The van der Waals surface area contributed by atoms with E-state index in [1.165, 1.54) is 18.6 Å². The fourth-order valence-corrected chi connectivity index (χ4v) is 5.95. The van der Waals surface area contributed by atoms with Crippen LogP contribution in [0.15, 0.2) is 35.2 Å². The van der Waals surface area contributed by atoms with Crippen molar-refractivity contribution in [3.8, 4) is 0 Å². The minimum Gasteiger partial charge on any atom is -0.472 e. The Labute approximate surface area is 155 Å². The van der Waals surface area contributed by atoms with Crippen molar-refractivity contribution in [3.63, 3.8) is 0 Å². The molecule has 2 saturated heterocycles. The number of allylic oxidation sites excluding steroid dienone is 1. The molecule has 7 heteroatoms. The number of rotatable bonds is 1. The Kier molecular flexibility index (Phi) is 3.30. The molecule has 7 atom stereocenters. The fraction of sp³-hybridized carbons (Fsp3) is 0.550. The monoisotopic (exact) mass is 372 g/mol. The zero-order valence-electron chi connectivity index (χ0n) is 14.8.